The zero-order valence-corrected chi connectivity index (χ0v) is 11.0. The van der Waals surface area contributed by atoms with Crippen LogP contribution in [0.2, 0.25) is 0 Å². The van der Waals surface area contributed by atoms with E-state index in [1.807, 2.05) is 14.0 Å². The van der Waals surface area contributed by atoms with Crippen molar-refractivity contribution in [2.75, 3.05) is 13.6 Å². The van der Waals surface area contributed by atoms with E-state index < -0.39 is 6.61 Å². The molecule has 1 atom stereocenters. The van der Waals surface area contributed by atoms with Gasteiger partial charge in [0.05, 0.1) is 6.42 Å². The fourth-order valence-electron chi connectivity index (χ4n) is 1.45. The van der Waals surface area contributed by atoms with Gasteiger partial charge in [0.1, 0.15) is 5.75 Å². The summed E-state index contributed by atoms with van der Waals surface area (Å²) >= 11 is 0. The first-order chi connectivity index (χ1) is 9.01. The highest BCUT2D eigenvalue weighted by atomic mass is 19.3. The van der Waals surface area contributed by atoms with Gasteiger partial charge in [-0.05, 0) is 31.7 Å². The Balaban J connectivity index is 2.49. The van der Waals surface area contributed by atoms with Crippen molar-refractivity contribution in [3.8, 4) is 5.75 Å². The lowest BCUT2D eigenvalue weighted by Crippen LogP contribution is -2.37. The number of alkyl halides is 2. The molecular formula is C13H18F2N2O2. The third kappa shape index (κ3) is 6.15. The number of ether oxygens (including phenoxy) is 1. The zero-order valence-electron chi connectivity index (χ0n) is 11.0. The molecule has 0 aliphatic rings. The van der Waals surface area contributed by atoms with Crippen LogP contribution in [0.4, 0.5) is 8.78 Å². The molecule has 0 fully saturated rings. The fraction of sp³-hybridized carbons (Fsp3) is 0.462. The summed E-state index contributed by atoms with van der Waals surface area (Å²) in [7, 11) is 1.81. The largest absolute Gasteiger partial charge is 0.435 e. The zero-order chi connectivity index (χ0) is 14.3. The quantitative estimate of drug-likeness (QED) is 0.792. The number of hydrogen-bond donors (Lipinski definition) is 2. The molecule has 0 aromatic heterocycles. The number of carbonyl (C=O) groups is 1. The van der Waals surface area contributed by atoms with Crippen molar-refractivity contribution in [1.82, 2.24) is 10.6 Å². The molecule has 0 radical (unpaired) electrons. The molecule has 1 unspecified atom stereocenters. The van der Waals surface area contributed by atoms with Crippen LogP contribution >= 0.6 is 0 Å². The van der Waals surface area contributed by atoms with Crippen molar-refractivity contribution >= 4 is 5.91 Å². The normalized spacial score (nSPS) is 12.3. The molecule has 1 rings (SSSR count). The molecule has 0 heterocycles. The van der Waals surface area contributed by atoms with Crippen LogP contribution in [0.5, 0.6) is 5.75 Å². The molecule has 0 aliphatic heterocycles. The number of carbonyl (C=O) groups excluding carboxylic acids is 1. The Morgan fingerprint density at radius 3 is 2.79 bits per heavy atom. The first kappa shape index (κ1) is 15.4. The van der Waals surface area contributed by atoms with E-state index in [4.69, 9.17) is 0 Å². The summed E-state index contributed by atoms with van der Waals surface area (Å²) in [5.41, 5.74) is 0.632. The van der Waals surface area contributed by atoms with Gasteiger partial charge in [0.15, 0.2) is 0 Å². The Labute approximate surface area is 111 Å². The number of hydrogen-bond acceptors (Lipinski definition) is 3. The van der Waals surface area contributed by atoms with Crippen molar-refractivity contribution in [1.29, 1.82) is 0 Å². The summed E-state index contributed by atoms with van der Waals surface area (Å²) < 4.78 is 28.4. The summed E-state index contributed by atoms with van der Waals surface area (Å²) in [6.45, 7) is -0.402. The van der Waals surface area contributed by atoms with Gasteiger partial charge in [0, 0.05) is 12.6 Å². The standard InChI is InChI=1S/C13H18F2N2O2/c1-9(16-2)8-17-12(18)7-10-4-3-5-11(6-10)19-13(14)15/h3-6,9,13,16H,7-8H2,1-2H3,(H,17,18). The van der Waals surface area contributed by atoms with Crippen LogP contribution < -0.4 is 15.4 Å². The van der Waals surface area contributed by atoms with Crippen LogP contribution in [0.25, 0.3) is 0 Å². The summed E-state index contributed by atoms with van der Waals surface area (Å²) in [6.07, 6.45) is 0.136. The second kappa shape index (κ2) is 7.68. The lowest BCUT2D eigenvalue weighted by molar-refractivity contribution is -0.120. The van der Waals surface area contributed by atoms with Crippen LogP contribution in [0.15, 0.2) is 24.3 Å². The van der Waals surface area contributed by atoms with Crippen molar-refractivity contribution in [2.24, 2.45) is 0 Å². The molecule has 6 heteroatoms. The lowest BCUT2D eigenvalue weighted by Gasteiger charge is -2.11. The molecule has 0 spiro atoms. The smallest absolute Gasteiger partial charge is 0.387 e. The highest BCUT2D eigenvalue weighted by molar-refractivity contribution is 5.78. The number of rotatable bonds is 7. The molecule has 0 bridgehead atoms. The van der Waals surface area contributed by atoms with Crippen LogP contribution in [-0.2, 0) is 11.2 Å². The molecule has 2 N–H and O–H groups in total. The maximum Gasteiger partial charge on any atom is 0.387 e. The Morgan fingerprint density at radius 1 is 1.42 bits per heavy atom. The van der Waals surface area contributed by atoms with E-state index in [-0.39, 0.29) is 24.1 Å². The molecule has 1 aromatic carbocycles. The van der Waals surface area contributed by atoms with Gasteiger partial charge in [-0.2, -0.15) is 8.78 Å². The van der Waals surface area contributed by atoms with Gasteiger partial charge in [0.2, 0.25) is 5.91 Å². The van der Waals surface area contributed by atoms with Crippen molar-refractivity contribution in [2.45, 2.75) is 26.0 Å². The lowest BCUT2D eigenvalue weighted by atomic mass is 10.1. The number of amides is 1. The van der Waals surface area contributed by atoms with Crippen molar-refractivity contribution in [3.05, 3.63) is 29.8 Å². The van der Waals surface area contributed by atoms with E-state index in [2.05, 4.69) is 15.4 Å². The Hall–Kier alpha value is -1.69. The molecule has 19 heavy (non-hydrogen) atoms. The minimum absolute atomic E-state index is 0.0592. The van der Waals surface area contributed by atoms with E-state index in [0.29, 0.717) is 12.1 Å². The van der Waals surface area contributed by atoms with Crippen LogP contribution in [0, 0.1) is 0 Å². The van der Waals surface area contributed by atoms with Gasteiger partial charge in [-0.3, -0.25) is 4.79 Å². The minimum atomic E-state index is -2.86. The Kier molecular flexibility index (Phi) is 6.21. The average molecular weight is 272 g/mol. The first-order valence-electron chi connectivity index (χ1n) is 5.99. The van der Waals surface area contributed by atoms with Gasteiger partial charge in [-0.15, -0.1) is 0 Å². The predicted octanol–water partition coefficient (Wildman–Crippen LogP) is 1.55. The predicted molar refractivity (Wildman–Crippen MR) is 68.3 cm³/mol. The molecule has 0 saturated heterocycles. The topological polar surface area (TPSA) is 50.4 Å². The number of halogens is 2. The molecular weight excluding hydrogens is 254 g/mol. The van der Waals surface area contributed by atoms with Crippen LogP contribution in [0.1, 0.15) is 12.5 Å². The first-order valence-corrected chi connectivity index (χ1v) is 5.99. The highest BCUT2D eigenvalue weighted by Gasteiger charge is 2.08. The number of nitrogens with one attached hydrogen (secondary N) is 2. The van der Waals surface area contributed by atoms with E-state index in [9.17, 15) is 13.6 Å². The summed E-state index contributed by atoms with van der Waals surface area (Å²) in [5.74, 6) is -0.0970. The van der Waals surface area contributed by atoms with Gasteiger partial charge in [-0.1, -0.05) is 12.1 Å². The summed E-state index contributed by atoms with van der Waals surface area (Å²) in [5, 5.41) is 5.75. The molecule has 106 valence electrons. The second-order valence-electron chi connectivity index (χ2n) is 4.20. The monoisotopic (exact) mass is 272 g/mol. The summed E-state index contributed by atoms with van der Waals surface area (Å²) in [6, 6.07) is 6.32. The van der Waals surface area contributed by atoms with E-state index in [1.54, 1.807) is 12.1 Å². The minimum Gasteiger partial charge on any atom is -0.435 e. The third-order valence-corrected chi connectivity index (χ3v) is 2.59. The molecule has 1 amide bonds. The SMILES string of the molecule is CNC(C)CNC(=O)Cc1cccc(OC(F)F)c1. The van der Waals surface area contributed by atoms with Crippen molar-refractivity contribution < 1.29 is 18.3 Å². The molecule has 0 aliphatic carbocycles. The fourth-order valence-corrected chi connectivity index (χ4v) is 1.45. The van der Waals surface area contributed by atoms with E-state index in [1.165, 1.54) is 12.1 Å². The third-order valence-electron chi connectivity index (χ3n) is 2.59. The van der Waals surface area contributed by atoms with Gasteiger partial charge in [0.25, 0.3) is 0 Å². The molecule has 1 aromatic rings. The number of likely N-dealkylation sites (N-methyl/N-ethyl adjacent to an activating group) is 1. The van der Waals surface area contributed by atoms with Gasteiger partial charge >= 0.3 is 6.61 Å². The maximum atomic E-state index is 12.1. The van der Waals surface area contributed by atoms with Gasteiger partial charge in [-0.25, -0.2) is 0 Å². The maximum absolute atomic E-state index is 12.1. The van der Waals surface area contributed by atoms with Crippen molar-refractivity contribution in [3.63, 3.8) is 0 Å². The van der Waals surface area contributed by atoms with Crippen LogP contribution in [0.3, 0.4) is 0 Å². The molecule has 4 nitrogen and oxygen atoms in total. The Morgan fingerprint density at radius 2 is 2.16 bits per heavy atom. The van der Waals surface area contributed by atoms with Crippen LogP contribution in [-0.4, -0.2) is 32.2 Å². The average Bonchev–Trinajstić information content (AvgIpc) is 2.35. The highest BCUT2D eigenvalue weighted by Crippen LogP contribution is 2.16. The van der Waals surface area contributed by atoms with E-state index in [0.717, 1.165) is 0 Å². The second-order valence-corrected chi connectivity index (χ2v) is 4.20. The number of benzene rings is 1. The Bertz CT molecular complexity index is 413. The van der Waals surface area contributed by atoms with Gasteiger partial charge < -0.3 is 15.4 Å². The molecule has 0 saturated carbocycles. The van der Waals surface area contributed by atoms with E-state index >= 15 is 0 Å². The summed E-state index contributed by atoms with van der Waals surface area (Å²) in [4.78, 5) is 11.6.